The monoisotopic (exact) mass is 378 g/mol. The highest BCUT2D eigenvalue weighted by atomic mass is 35.5. The number of rotatable bonds is 5. The Hall–Kier alpha value is -2.59. The van der Waals surface area contributed by atoms with Gasteiger partial charge in [-0.25, -0.2) is 4.98 Å². The highest BCUT2D eigenvalue weighted by molar-refractivity contribution is 6.30. The standard InChI is InChI=1S/C22H23ClN4/c1-16-13-21(27-12-10-18-6-2-3-7-19(18)15-27)26-22(25-16)24-11-9-17-5-4-8-20(23)14-17/h2-8,13-14H,9-12,15H2,1H3,(H,24,25,26). The van der Waals surface area contributed by atoms with Crippen LogP contribution in [0.25, 0.3) is 0 Å². The fraction of sp³-hybridized carbons (Fsp3) is 0.273. The molecule has 1 aliphatic rings. The van der Waals surface area contributed by atoms with Crippen molar-refractivity contribution in [3.05, 3.63) is 82.0 Å². The second-order valence-electron chi connectivity index (χ2n) is 6.94. The van der Waals surface area contributed by atoms with E-state index in [1.165, 1.54) is 16.7 Å². The molecule has 2 aromatic carbocycles. The smallest absolute Gasteiger partial charge is 0.224 e. The van der Waals surface area contributed by atoms with Crippen molar-refractivity contribution in [1.29, 1.82) is 0 Å². The number of halogens is 1. The van der Waals surface area contributed by atoms with E-state index in [2.05, 4.69) is 51.6 Å². The first-order chi connectivity index (χ1) is 13.2. The van der Waals surface area contributed by atoms with Gasteiger partial charge in [0, 0.05) is 36.4 Å². The van der Waals surface area contributed by atoms with Crippen molar-refractivity contribution in [3.8, 4) is 0 Å². The number of fused-ring (bicyclic) bond motifs is 1. The Morgan fingerprint density at radius 2 is 1.89 bits per heavy atom. The lowest BCUT2D eigenvalue weighted by Gasteiger charge is -2.30. The van der Waals surface area contributed by atoms with E-state index in [1.54, 1.807) is 0 Å². The summed E-state index contributed by atoms with van der Waals surface area (Å²) in [4.78, 5) is 11.6. The minimum Gasteiger partial charge on any atom is -0.354 e. The van der Waals surface area contributed by atoms with Crippen molar-refractivity contribution in [2.24, 2.45) is 0 Å². The van der Waals surface area contributed by atoms with Crippen molar-refractivity contribution in [2.45, 2.75) is 26.3 Å². The molecular weight excluding hydrogens is 356 g/mol. The summed E-state index contributed by atoms with van der Waals surface area (Å²) in [5.74, 6) is 1.67. The normalized spacial score (nSPS) is 13.3. The van der Waals surface area contributed by atoms with Crippen molar-refractivity contribution in [1.82, 2.24) is 9.97 Å². The van der Waals surface area contributed by atoms with Gasteiger partial charge >= 0.3 is 0 Å². The Labute approximate surface area is 165 Å². The lowest BCUT2D eigenvalue weighted by atomic mass is 10.00. The first-order valence-corrected chi connectivity index (χ1v) is 9.71. The van der Waals surface area contributed by atoms with Gasteiger partial charge in [-0.3, -0.25) is 0 Å². The van der Waals surface area contributed by atoms with Gasteiger partial charge in [-0.15, -0.1) is 0 Å². The maximum absolute atomic E-state index is 6.05. The molecule has 138 valence electrons. The average molecular weight is 379 g/mol. The van der Waals surface area contributed by atoms with Crippen molar-refractivity contribution in [3.63, 3.8) is 0 Å². The zero-order valence-corrected chi connectivity index (χ0v) is 16.2. The van der Waals surface area contributed by atoms with Gasteiger partial charge in [0.1, 0.15) is 5.82 Å². The van der Waals surface area contributed by atoms with Gasteiger partial charge < -0.3 is 10.2 Å². The van der Waals surface area contributed by atoms with Crippen LogP contribution in [0.1, 0.15) is 22.4 Å². The molecule has 1 aliphatic heterocycles. The third-order valence-electron chi connectivity index (χ3n) is 4.88. The van der Waals surface area contributed by atoms with Crippen LogP contribution in [0.4, 0.5) is 11.8 Å². The van der Waals surface area contributed by atoms with E-state index in [9.17, 15) is 0 Å². The molecule has 0 spiro atoms. The average Bonchev–Trinajstić information content (AvgIpc) is 2.67. The molecule has 4 nitrogen and oxygen atoms in total. The SMILES string of the molecule is Cc1cc(N2CCc3ccccc3C2)nc(NCCc2cccc(Cl)c2)n1. The van der Waals surface area contributed by atoms with Gasteiger partial charge in [0.25, 0.3) is 0 Å². The molecule has 0 fully saturated rings. The van der Waals surface area contributed by atoms with Crippen LogP contribution in [0.15, 0.2) is 54.6 Å². The van der Waals surface area contributed by atoms with Crippen molar-refractivity contribution >= 4 is 23.4 Å². The number of hydrogen-bond donors (Lipinski definition) is 1. The summed E-state index contributed by atoms with van der Waals surface area (Å²) in [5, 5.41) is 4.13. The molecule has 1 N–H and O–H groups in total. The predicted octanol–water partition coefficient (Wildman–Crippen LogP) is 4.66. The van der Waals surface area contributed by atoms with E-state index in [1.807, 2.05) is 25.1 Å². The summed E-state index contributed by atoms with van der Waals surface area (Å²) in [5.41, 5.74) is 5.01. The largest absolute Gasteiger partial charge is 0.354 e. The van der Waals surface area contributed by atoms with Gasteiger partial charge in [0.05, 0.1) is 0 Å². The molecule has 0 unspecified atom stereocenters. The maximum Gasteiger partial charge on any atom is 0.224 e. The summed E-state index contributed by atoms with van der Waals surface area (Å²) in [6.07, 6.45) is 1.93. The summed E-state index contributed by atoms with van der Waals surface area (Å²) in [7, 11) is 0. The molecule has 27 heavy (non-hydrogen) atoms. The molecule has 5 heteroatoms. The van der Waals surface area contributed by atoms with Gasteiger partial charge in [-0.1, -0.05) is 48.0 Å². The Morgan fingerprint density at radius 3 is 2.74 bits per heavy atom. The van der Waals surface area contributed by atoms with Crippen LogP contribution in [0.2, 0.25) is 5.02 Å². The van der Waals surface area contributed by atoms with Crippen LogP contribution in [0, 0.1) is 6.92 Å². The summed E-state index contributed by atoms with van der Waals surface area (Å²) in [6.45, 7) is 4.67. The molecule has 0 aliphatic carbocycles. The topological polar surface area (TPSA) is 41.1 Å². The second-order valence-corrected chi connectivity index (χ2v) is 7.37. The van der Waals surface area contributed by atoms with E-state index in [0.29, 0.717) is 5.95 Å². The summed E-state index contributed by atoms with van der Waals surface area (Å²) in [6, 6.07) is 18.7. The van der Waals surface area contributed by atoms with Gasteiger partial charge in [-0.05, 0) is 48.6 Å². The van der Waals surface area contributed by atoms with Crippen LogP contribution in [-0.2, 0) is 19.4 Å². The molecular formula is C22H23ClN4. The van der Waals surface area contributed by atoms with E-state index >= 15 is 0 Å². The Kier molecular flexibility index (Phi) is 5.26. The molecule has 3 aromatic rings. The van der Waals surface area contributed by atoms with Gasteiger partial charge in [-0.2, -0.15) is 4.98 Å². The number of benzene rings is 2. The highest BCUT2D eigenvalue weighted by Crippen LogP contribution is 2.24. The number of nitrogens with zero attached hydrogens (tertiary/aromatic N) is 3. The zero-order chi connectivity index (χ0) is 18.6. The number of aryl methyl sites for hydroxylation is 1. The molecule has 0 atom stereocenters. The molecule has 4 rings (SSSR count). The molecule has 0 radical (unpaired) electrons. The Morgan fingerprint density at radius 1 is 1.04 bits per heavy atom. The summed E-state index contributed by atoms with van der Waals surface area (Å²) < 4.78 is 0. The van der Waals surface area contributed by atoms with E-state index in [-0.39, 0.29) is 0 Å². The fourth-order valence-electron chi connectivity index (χ4n) is 3.50. The molecule has 0 saturated heterocycles. The first kappa shape index (κ1) is 17.8. The highest BCUT2D eigenvalue weighted by Gasteiger charge is 2.18. The molecule has 0 bridgehead atoms. The fourth-order valence-corrected chi connectivity index (χ4v) is 3.71. The van der Waals surface area contributed by atoms with Crippen LogP contribution < -0.4 is 10.2 Å². The number of nitrogens with one attached hydrogen (secondary N) is 1. The Balaban J connectivity index is 1.44. The first-order valence-electron chi connectivity index (χ1n) is 9.33. The van der Waals surface area contributed by atoms with Gasteiger partial charge in [0.2, 0.25) is 5.95 Å². The van der Waals surface area contributed by atoms with E-state index < -0.39 is 0 Å². The number of hydrogen-bond acceptors (Lipinski definition) is 4. The minimum absolute atomic E-state index is 0.686. The third-order valence-corrected chi connectivity index (χ3v) is 5.12. The van der Waals surface area contributed by atoms with E-state index in [4.69, 9.17) is 16.6 Å². The summed E-state index contributed by atoms with van der Waals surface area (Å²) >= 11 is 6.05. The maximum atomic E-state index is 6.05. The van der Waals surface area contributed by atoms with Crippen molar-refractivity contribution in [2.75, 3.05) is 23.3 Å². The third kappa shape index (κ3) is 4.40. The Bertz CT molecular complexity index is 941. The lowest BCUT2D eigenvalue weighted by molar-refractivity contribution is 0.718. The van der Waals surface area contributed by atoms with Crippen LogP contribution >= 0.6 is 11.6 Å². The quantitative estimate of drug-likeness (QED) is 0.701. The zero-order valence-electron chi connectivity index (χ0n) is 15.5. The number of anilines is 2. The number of aromatic nitrogens is 2. The molecule has 1 aromatic heterocycles. The molecule has 0 amide bonds. The van der Waals surface area contributed by atoms with Crippen LogP contribution in [-0.4, -0.2) is 23.1 Å². The predicted molar refractivity (Wildman–Crippen MR) is 112 cm³/mol. The minimum atomic E-state index is 0.686. The molecule has 2 heterocycles. The van der Waals surface area contributed by atoms with Gasteiger partial charge in [0.15, 0.2) is 0 Å². The second kappa shape index (κ2) is 7.97. The van der Waals surface area contributed by atoms with Crippen LogP contribution in [0.3, 0.4) is 0 Å². The lowest BCUT2D eigenvalue weighted by Crippen LogP contribution is -2.31. The van der Waals surface area contributed by atoms with E-state index in [0.717, 1.165) is 49.0 Å². The van der Waals surface area contributed by atoms with Crippen molar-refractivity contribution < 1.29 is 0 Å². The molecule has 0 saturated carbocycles. The van der Waals surface area contributed by atoms with Crippen LogP contribution in [0.5, 0.6) is 0 Å².